The molecule has 1 aromatic carbocycles. The third-order valence-corrected chi connectivity index (χ3v) is 2.60. The fraction of sp³-hybridized carbons (Fsp3) is 0.462. The van der Waals surface area contributed by atoms with Crippen molar-refractivity contribution < 1.29 is 8.78 Å². The molecule has 0 spiro atoms. The van der Waals surface area contributed by atoms with E-state index in [4.69, 9.17) is 5.26 Å². The highest BCUT2D eigenvalue weighted by molar-refractivity contribution is 5.20. The minimum atomic E-state index is -0.851. The molecule has 4 heteroatoms. The van der Waals surface area contributed by atoms with Crippen molar-refractivity contribution in [3.63, 3.8) is 0 Å². The van der Waals surface area contributed by atoms with Crippen molar-refractivity contribution in [1.82, 2.24) is 5.32 Å². The van der Waals surface area contributed by atoms with E-state index in [1.54, 1.807) is 0 Å². The maximum atomic E-state index is 13.0. The van der Waals surface area contributed by atoms with Crippen LogP contribution in [-0.2, 0) is 0 Å². The molecule has 1 aromatic rings. The van der Waals surface area contributed by atoms with Gasteiger partial charge in [0.1, 0.15) is 0 Å². The molecule has 1 unspecified atom stereocenters. The van der Waals surface area contributed by atoms with Gasteiger partial charge in [0.05, 0.1) is 11.5 Å². The van der Waals surface area contributed by atoms with Crippen LogP contribution in [-0.4, -0.2) is 6.54 Å². The number of hydrogen-bond donors (Lipinski definition) is 1. The zero-order valence-electron chi connectivity index (χ0n) is 10.2. The lowest BCUT2D eigenvalue weighted by atomic mass is 9.95. The fourth-order valence-corrected chi connectivity index (χ4v) is 1.35. The van der Waals surface area contributed by atoms with Crippen LogP contribution in [0.3, 0.4) is 0 Å². The van der Waals surface area contributed by atoms with Crippen molar-refractivity contribution in [1.29, 1.82) is 5.26 Å². The first-order valence-electron chi connectivity index (χ1n) is 5.45. The van der Waals surface area contributed by atoms with Crippen LogP contribution in [0.4, 0.5) is 8.78 Å². The maximum Gasteiger partial charge on any atom is 0.159 e. The summed E-state index contributed by atoms with van der Waals surface area (Å²) in [5.41, 5.74) is 0.185. The molecule has 0 aliphatic heterocycles. The molecule has 1 atom stereocenters. The molecule has 0 aliphatic carbocycles. The molecule has 92 valence electrons. The van der Waals surface area contributed by atoms with Gasteiger partial charge in [-0.3, -0.25) is 0 Å². The van der Waals surface area contributed by atoms with Gasteiger partial charge in [0.15, 0.2) is 11.6 Å². The quantitative estimate of drug-likeness (QED) is 0.874. The van der Waals surface area contributed by atoms with Gasteiger partial charge in [-0.05, 0) is 38.5 Å². The summed E-state index contributed by atoms with van der Waals surface area (Å²) in [5, 5.41) is 12.0. The molecule has 0 heterocycles. The van der Waals surface area contributed by atoms with Gasteiger partial charge in [0.25, 0.3) is 0 Å². The SMILES string of the molecule is CC(NCC(C)(C)C#N)c1ccc(F)c(F)c1. The molecule has 0 bridgehead atoms. The number of hydrogen-bond acceptors (Lipinski definition) is 2. The first kappa shape index (κ1) is 13.6. The Morgan fingerprint density at radius 1 is 1.35 bits per heavy atom. The van der Waals surface area contributed by atoms with Gasteiger partial charge >= 0.3 is 0 Å². The number of rotatable bonds is 4. The Balaban J connectivity index is 2.68. The largest absolute Gasteiger partial charge is 0.309 e. The molecule has 0 aromatic heterocycles. The average Bonchev–Trinajstić information content (AvgIpc) is 2.30. The molecule has 0 saturated carbocycles. The van der Waals surface area contributed by atoms with Crippen molar-refractivity contribution >= 4 is 0 Å². The number of nitrogens with zero attached hydrogens (tertiary/aromatic N) is 1. The predicted octanol–water partition coefficient (Wildman–Crippen LogP) is 3.17. The van der Waals surface area contributed by atoms with Gasteiger partial charge < -0.3 is 5.32 Å². The Labute approximate surface area is 100 Å². The summed E-state index contributed by atoms with van der Waals surface area (Å²) in [4.78, 5) is 0. The lowest BCUT2D eigenvalue weighted by molar-refractivity contribution is 0.413. The molecular weight excluding hydrogens is 222 g/mol. The first-order chi connectivity index (χ1) is 7.85. The van der Waals surface area contributed by atoms with E-state index < -0.39 is 17.0 Å². The highest BCUT2D eigenvalue weighted by Crippen LogP contribution is 2.18. The monoisotopic (exact) mass is 238 g/mol. The third kappa shape index (κ3) is 3.79. The second-order valence-corrected chi connectivity index (χ2v) is 4.77. The zero-order chi connectivity index (χ0) is 13.1. The van der Waals surface area contributed by atoms with Crippen LogP contribution in [0.15, 0.2) is 18.2 Å². The zero-order valence-corrected chi connectivity index (χ0v) is 10.2. The molecule has 0 aliphatic rings. The standard InChI is InChI=1S/C13H16F2N2/c1-9(17-8-13(2,3)7-16)10-4-5-11(14)12(15)6-10/h4-6,9,17H,8H2,1-3H3. The fourth-order valence-electron chi connectivity index (χ4n) is 1.35. The highest BCUT2D eigenvalue weighted by atomic mass is 19.2. The Kier molecular flexibility index (Phi) is 4.19. The van der Waals surface area contributed by atoms with E-state index in [1.807, 2.05) is 20.8 Å². The van der Waals surface area contributed by atoms with E-state index in [-0.39, 0.29) is 6.04 Å². The van der Waals surface area contributed by atoms with Crippen molar-refractivity contribution in [2.75, 3.05) is 6.54 Å². The second-order valence-electron chi connectivity index (χ2n) is 4.77. The predicted molar refractivity (Wildman–Crippen MR) is 62.2 cm³/mol. The Morgan fingerprint density at radius 2 is 2.00 bits per heavy atom. The van der Waals surface area contributed by atoms with Crippen LogP contribution >= 0.6 is 0 Å². The molecule has 0 saturated heterocycles. The summed E-state index contributed by atoms with van der Waals surface area (Å²) in [7, 11) is 0. The summed E-state index contributed by atoms with van der Waals surface area (Å²) >= 11 is 0. The first-order valence-corrected chi connectivity index (χ1v) is 5.45. The molecular formula is C13H16F2N2. The van der Waals surface area contributed by atoms with E-state index >= 15 is 0 Å². The molecule has 1 N–H and O–H groups in total. The van der Waals surface area contributed by atoms with Crippen LogP contribution in [0.25, 0.3) is 0 Å². The minimum absolute atomic E-state index is 0.127. The number of benzene rings is 1. The van der Waals surface area contributed by atoms with E-state index in [9.17, 15) is 8.78 Å². The minimum Gasteiger partial charge on any atom is -0.309 e. The second kappa shape index (κ2) is 5.24. The van der Waals surface area contributed by atoms with Gasteiger partial charge in [-0.1, -0.05) is 6.07 Å². The summed E-state index contributed by atoms with van der Waals surface area (Å²) in [6.07, 6.45) is 0. The van der Waals surface area contributed by atoms with Crippen LogP contribution in [0.1, 0.15) is 32.4 Å². The average molecular weight is 238 g/mol. The Morgan fingerprint density at radius 3 is 2.53 bits per heavy atom. The molecule has 17 heavy (non-hydrogen) atoms. The van der Waals surface area contributed by atoms with Crippen LogP contribution in [0.5, 0.6) is 0 Å². The smallest absolute Gasteiger partial charge is 0.159 e. The summed E-state index contributed by atoms with van der Waals surface area (Å²) in [6, 6.07) is 5.86. The molecule has 2 nitrogen and oxygen atoms in total. The maximum absolute atomic E-state index is 13.0. The van der Waals surface area contributed by atoms with Crippen molar-refractivity contribution in [2.45, 2.75) is 26.8 Å². The Bertz CT molecular complexity index is 436. The topological polar surface area (TPSA) is 35.8 Å². The van der Waals surface area contributed by atoms with Crippen LogP contribution in [0.2, 0.25) is 0 Å². The van der Waals surface area contributed by atoms with Gasteiger partial charge in [0, 0.05) is 12.6 Å². The lowest BCUT2D eigenvalue weighted by Crippen LogP contribution is -2.30. The molecule has 0 fully saturated rings. The number of nitriles is 1. The van der Waals surface area contributed by atoms with Gasteiger partial charge in [0.2, 0.25) is 0 Å². The summed E-state index contributed by atoms with van der Waals surface area (Å²) in [5.74, 6) is -1.70. The van der Waals surface area contributed by atoms with E-state index in [0.29, 0.717) is 12.1 Å². The molecule has 0 amide bonds. The van der Waals surface area contributed by atoms with Crippen LogP contribution < -0.4 is 5.32 Å². The van der Waals surface area contributed by atoms with E-state index in [0.717, 1.165) is 6.07 Å². The van der Waals surface area contributed by atoms with Crippen molar-refractivity contribution in [3.05, 3.63) is 35.4 Å². The third-order valence-electron chi connectivity index (χ3n) is 2.60. The van der Waals surface area contributed by atoms with Gasteiger partial charge in [-0.25, -0.2) is 8.78 Å². The number of nitrogens with one attached hydrogen (secondary N) is 1. The van der Waals surface area contributed by atoms with E-state index in [2.05, 4.69) is 11.4 Å². The van der Waals surface area contributed by atoms with Gasteiger partial charge in [-0.2, -0.15) is 5.26 Å². The van der Waals surface area contributed by atoms with Crippen LogP contribution in [0, 0.1) is 28.4 Å². The van der Waals surface area contributed by atoms with Crippen molar-refractivity contribution in [2.24, 2.45) is 5.41 Å². The number of halogens is 2. The lowest BCUT2D eigenvalue weighted by Gasteiger charge is -2.20. The molecule has 0 radical (unpaired) electrons. The highest BCUT2D eigenvalue weighted by Gasteiger charge is 2.18. The van der Waals surface area contributed by atoms with Crippen molar-refractivity contribution in [3.8, 4) is 6.07 Å². The molecule has 1 rings (SSSR count). The Hall–Kier alpha value is -1.47. The summed E-state index contributed by atoms with van der Waals surface area (Å²) < 4.78 is 25.8. The van der Waals surface area contributed by atoms with E-state index in [1.165, 1.54) is 12.1 Å². The van der Waals surface area contributed by atoms with Gasteiger partial charge in [-0.15, -0.1) is 0 Å². The summed E-state index contributed by atoms with van der Waals surface area (Å²) in [6.45, 7) is 5.97. The normalized spacial score (nSPS) is 13.2.